The monoisotopic (exact) mass is 370 g/mol. The van der Waals surface area contributed by atoms with Crippen molar-refractivity contribution in [1.29, 1.82) is 0 Å². The molecule has 116 valence electrons. The van der Waals surface area contributed by atoms with Gasteiger partial charge in [0.1, 0.15) is 5.75 Å². The minimum Gasteiger partial charge on any atom is -0.496 e. The van der Waals surface area contributed by atoms with Crippen molar-refractivity contribution in [3.05, 3.63) is 64.6 Å². The Labute approximate surface area is 143 Å². The summed E-state index contributed by atoms with van der Waals surface area (Å²) in [7, 11) is 3.01. The summed E-state index contributed by atoms with van der Waals surface area (Å²) in [6, 6.07) is 17.4. The first-order chi connectivity index (χ1) is 11.2. The van der Waals surface area contributed by atoms with Crippen LogP contribution in [0, 0.1) is 0 Å². The van der Waals surface area contributed by atoms with Crippen LogP contribution in [0.4, 0.5) is 0 Å². The minimum absolute atomic E-state index is 0.378. The summed E-state index contributed by atoms with van der Waals surface area (Å²) < 4.78 is 11.3. The lowest BCUT2D eigenvalue weighted by molar-refractivity contribution is 0.0601. The molecule has 3 nitrogen and oxygen atoms in total. The van der Waals surface area contributed by atoms with Gasteiger partial charge in [0.2, 0.25) is 0 Å². The molecule has 0 fully saturated rings. The molecule has 0 unspecified atom stereocenters. The molecule has 0 saturated heterocycles. The first-order valence-electron chi connectivity index (χ1n) is 7.10. The van der Waals surface area contributed by atoms with E-state index in [0.29, 0.717) is 11.3 Å². The summed E-state index contributed by atoms with van der Waals surface area (Å²) in [6.45, 7) is 0. The Balaban J connectivity index is 2.44. The van der Waals surface area contributed by atoms with E-state index < -0.39 is 0 Å². The van der Waals surface area contributed by atoms with Crippen molar-refractivity contribution in [2.75, 3.05) is 14.2 Å². The number of carbonyl (C=O) groups excluding carboxylic acids is 1. The topological polar surface area (TPSA) is 35.5 Å². The third-order valence-corrected chi connectivity index (χ3v) is 4.44. The lowest BCUT2D eigenvalue weighted by atomic mass is 9.93. The Hall–Kier alpha value is -2.33. The lowest BCUT2D eigenvalue weighted by Crippen LogP contribution is -2.05. The largest absolute Gasteiger partial charge is 0.496 e. The summed E-state index contributed by atoms with van der Waals surface area (Å²) in [6.07, 6.45) is 0. The Kier molecular flexibility index (Phi) is 4.35. The van der Waals surface area contributed by atoms with Gasteiger partial charge in [-0.2, -0.15) is 0 Å². The number of hydrogen-bond donors (Lipinski definition) is 0. The van der Waals surface area contributed by atoms with Gasteiger partial charge in [-0.15, -0.1) is 0 Å². The van der Waals surface area contributed by atoms with Gasteiger partial charge >= 0.3 is 5.97 Å². The van der Waals surface area contributed by atoms with Crippen LogP contribution in [0.3, 0.4) is 0 Å². The fourth-order valence-corrected chi connectivity index (χ4v) is 3.30. The van der Waals surface area contributed by atoms with Crippen LogP contribution in [-0.2, 0) is 4.74 Å². The first kappa shape index (κ1) is 15.6. The van der Waals surface area contributed by atoms with Gasteiger partial charge in [0, 0.05) is 15.6 Å². The molecule has 0 amide bonds. The average molecular weight is 371 g/mol. The van der Waals surface area contributed by atoms with E-state index in [9.17, 15) is 4.79 Å². The highest BCUT2D eigenvalue weighted by molar-refractivity contribution is 9.10. The zero-order valence-corrected chi connectivity index (χ0v) is 14.4. The molecule has 0 aliphatic carbocycles. The highest BCUT2D eigenvalue weighted by Crippen LogP contribution is 2.42. The van der Waals surface area contributed by atoms with Crippen molar-refractivity contribution in [1.82, 2.24) is 0 Å². The molecule has 4 heteroatoms. The maximum atomic E-state index is 12.2. The molecule has 0 bridgehead atoms. The summed E-state index contributed by atoms with van der Waals surface area (Å²) in [4.78, 5) is 12.2. The predicted molar refractivity (Wildman–Crippen MR) is 95.0 cm³/mol. The minimum atomic E-state index is -0.378. The molecule has 0 aromatic heterocycles. The highest BCUT2D eigenvalue weighted by Gasteiger charge is 2.21. The Bertz CT molecular complexity index is 887. The summed E-state index contributed by atoms with van der Waals surface area (Å²) in [5.74, 6) is 0.331. The summed E-state index contributed by atoms with van der Waals surface area (Å²) >= 11 is 3.57. The molecule has 0 aliphatic heterocycles. The van der Waals surface area contributed by atoms with Crippen molar-refractivity contribution in [3.63, 3.8) is 0 Å². The van der Waals surface area contributed by atoms with Crippen LogP contribution < -0.4 is 4.74 Å². The number of esters is 1. The standard InChI is InChI=1S/C19H15BrO3/c1-22-16-11-10-12-6-3-4-7-13(12)18(16)17-14(19(21)23-2)8-5-9-15(17)20/h3-11H,1-2H3. The van der Waals surface area contributed by atoms with E-state index in [4.69, 9.17) is 9.47 Å². The number of benzene rings is 3. The van der Waals surface area contributed by atoms with Crippen LogP contribution in [0.15, 0.2) is 59.1 Å². The molecule has 0 atom stereocenters. The highest BCUT2D eigenvalue weighted by atomic mass is 79.9. The van der Waals surface area contributed by atoms with E-state index in [1.165, 1.54) is 7.11 Å². The van der Waals surface area contributed by atoms with Crippen molar-refractivity contribution >= 4 is 32.7 Å². The van der Waals surface area contributed by atoms with E-state index in [2.05, 4.69) is 15.9 Å². The van der Waals surface area contributed by atoms with Gasteiger partial charge in [0.15, 0.2) is 0 Å². The van der Waals surface area contributed by atoms with Gasteiger partial charge in [-0.3, -0.25) is 0 Å². The van der Waals surface area contributed by atoms with Crippen molar-refractivity contribution in [2.24, 2.45) is 0 Å². The molecule has 0 heterocycles. The fourth-order valence-electron chi connectivity index (χ4n) is 2.74. The van der Waals surface area contributed by atoms with Gasteiger partial charge in [-0.05, 0) is 29.0 Å². The molecule has 3 rings (SSSR count). The molecule has 3 aromatic rings. The Morgan fingerprint density at radius 1 is 0.913 bits per heavy atom. The maximum Gasteiger partial charge on any atom is 0.338 e. The second-order valence-electron chi connectivity index (χ2n) is 5.02. The third kappa shape index (κ3) is 2.70. The predicted octanol–water partition coefficient (Wildman–Crippen LogP) is 5.06. The molecule has 3 aromatic carbocycles. The van der Waals surface area contributed by atoms with E-state index in [0.717, 1.165) is 26.4 Å². The van der Waals surface area contributed by atoms with Gasteiger partial charge in [0.05, 0.1) is 19.8 Å². The quantitative estimate of drug-likeness (QED) is 0.604. The molecule has 0 N–H and O–H groups in total. The molecule has 23 heavy (non-hydrogen) atoms. The maximum absolute atomic E-state index is 12.2. The van der Waals surface area contributed by atoms with Gasteiger partial charge in [-0.25, -0.2) is 4.79 Å². The number of fused-ring (bicyclic) bond motifs is 1. The van der Waals surface area contributed by atoms with Gasteiger partial charge < -0.3 is 9.47 Å². The van der Waals surface area contributed by atoms with E-state index in [-0.39, 0.29) is 5.97 Å². The SMILES string of the molecule is COC(=O)c1cccc(Br)c1-c1c(OC)ccc2ccccc12. The van der Waals surface area contributed by atoms with Crippen LogP contribution in [0.5, 0.6) is 5.75 Å². The summed E-state index contributed by atoms with van der Waals surface area (Å²) in [5.41, 5.74) is 2.14. The smallest absolute Gasteiger partial charge is 0.338 e. The normalized spacial score (nSPS) is 10.6. The molecule has 0 aliphatic rings. The molecular formula is C19H15BrO3. The zero-order chi connectivity index (χ0) is 16.4. The van der Waals surface area contributed by atoms with Crippen molar-refractivity contribution in [3.8, 4) is 16.9 Å². The van der Waals surface area contributed by atoms with Crippen molar-refractivity contribution in [2.45, 2.75) is 0 Å². The number of hydrogen-bond acceptors (Lipinski definition) is 3. The zero-order valence-electron chi connectivity index (χ0n) is 12.8. The second-order valence-corrected chi connectivity index (χ2v) is 5.87. The lowest BCUT2D eigenvalue weighted by Gasteiger charge is -2.16. The summed E-state index contributed by atoms with van der Waals surface area (Å²) in [5, 5.41) is 2.10. The molecule has 0 radical (unpaired) electrons. The fraction of sp³-hybridized carbons (Fsp3) is 0.105. The van der Waals surface area contributed by atoms with Gasteiger partial charge in [0.25, 0.3) is 0 Å². The van der Waals surface area contributed by atoms with Crippen LogP contribution >= 0.6 is 15.9 Å². The average Bonchev–Trinajstić information content (AvgIpc) is 2.60. The first-order valence-corrected chi connectivity index (χ1v) is 7.89. The third-order valence-electron chi connectivity index (χ3n) is 3.78. The van der Waals surface area contributed by atoms with Crippen LogP contribution in [-0.4, -0.2) is 20.2 Å². The number of ether oxygens (including phenoxy) is 2. The number of rotatable bonds is 3. The second kappa shape index (κ2) is 6.42. The van der Waals surface area contributed by atoms with E-state index in [1.807, 2.05) is 48.5 Å². The molecule has 0 saturated carbocycles. The Morgan fingerprint density at radius 2 is 1.70 bits per heavy atom. The van der Waals surface area contributed by atoms with E-state index in [1.54, 1.807) is 13.2 Å². The van der Waals surface area contributed by atoms with Gasteiger partial charge in [-0.1, -0.05) is 52.3 Å². The molecule has 0 spiro atoms. The van der Waals surface area contributed by atoms with Crippen LogP contribution in [0.25, 0.3) is 21.9 Å². The number of methoxy groups -OCH3 is 2. The van der Waals surface area contributed by atoms with Crippen LogP contribution in [0.1, 0.15) is 10.4 Å². The number of carbonyl (C=O) groups is 1. The van der Waals surface area contributed by atoms with Crippen molar-refractivity contribution < 1.29 is 14.3 Å². The molecular weight excluding hydrogens is 356 g/mol. The van der Waals surface area contributed by atoms with E-state index >= 15 is 0 Å². The van der Waals surface area contributed by atoms with Crippen LogP contribution in [0.2, 0.25) is 0 Å². The Morgan fingerprint density at radius 3 is 2.43 bits per heavy atom. The number of halogens is 1.